The van der Waals surface area contributed by atoms with E-state index in [1.165, 1.54) is 0 Å². The number of ether oxygens (including phenoxy) is 1. The van der Waals surface area contributed by atoms with Crippen LogP contribution in [0.3, 0.4) is 0 Å². The zero-order chi connectivity index (χ0) is 14.3. The second-order valence-electron chi connectivity index (χ2n) is 4.74. The molecular weight excluding hydrogens is 240 g/mol. The molecule has 1 aromatic carbocycles. The zero-order valence-electron chi connectivity index (χ0n) is 11.6. The molecule has 0 radical (unpaired) electrons. The number of para-hydroxylation sites is 1. The van der Waals surface area contributed by atoms with E-state index in [0.29, 0.717) is 12.2 Å². The summed E-state index contributed by atoms with van der Waals surface area (Å²) in [4.78, 5) is 11.9. The van der Waals surface area contributed by atoms with Crippen LogP contribution in [0.2, 0.25) is 0 Å². The van der Waals surface area contributed by atoms with E-state index in [1.54, 1.807) is 7.11 Å². The van der Waals surface area contributed by atoms with Gasteiger partial charge in [0.05, 0.1) is 24.3 Å². The molecule has 3 N–H and O–H groups in total. The minimum atomic E-state index is -0.484. The minimum absolute atomic E-state index is 0.103. The Hall–Kier alpha value is -1.83. The number of benzene rings is 1. The minimum Gasteiger partial charge on any atom is -0.378 e. The fraction of sp³-hybridized carbons (Fsp3) is 0.400. The maximum Gasteiger partial charge on any atom is 0.227 e. The Morgan fingerprint density at radius 1 is 1.42 bits per heavy atom. The van der Waals surface area contributed by atoms with Crippen molar-refractivity contribution in [3.05, 3.63) is 29.8 Å². The van der Waals surface area contributed by atoms with Gasteiger partial charge in [-0.3, -0.25) is 4.79 Å². The fourth-order valence-corrected chi connectivity index (χ4v) is 1.50. The number of hydrogen-bond donors (Lipinski definition) is 2. The van der Waals surface area contributed by atoms with Gasteiger partial charge in [0.2, 0.25) is 5.91 Å². The van der Waals surface area contributed by atoms with Crippen LogP contribution in [0.15, 0.2) is 24.3 Å². The molecule has 0 saturated heterocycles. The molecule has 0 bridgehead atoms. The van der Waals surface area contributed by atoms with Gasteiger partial charge in [0.15, 0.2) is 0 Å². The Kier molecular flexibility index (Phi) is 5.56. The molecule has 4 nitrogen and oxygen atoms in total. The van der Waals surface area contributed by atoms with Crippen molar-refractivity contribution in [2.24, 2.45) is 5.73 Å². The van der Waals surface area contributed by atoms with Crippen molar-refractivity contribution >= 4 is 11.6 Å². The summed E-state index contributed by atoms with van der Waals surface area (Å²) in [6.45, 7) is 4.03. The monoisotopic (exact) mass is 260 g/mol. The molecule has 19 heavy (non-hydrogen) atoms. The number of anilines is 1. The highest BCUT2D eigenvalue weighted by molar-refractivity contribution is 5.92. The van der Waals surface area contributed by atoms with Crippen LogP contribution in [0, 0.1) is 11.8 Å². The summed E-state index contributed by atoms with van der Waals surface area (Å²) in [5.41, 5.74) is 6.32. The summed E-state index contributed by atoms with van der Waals surface area (Å²) >= 11 is 0. The first kappa shape index (κ1) is 15.2. The quantitative estimate of drug-likeness (QED) is 0.811. The molecule has 1 rings (SSSR count). The van der Waals surface area contributed by atoms with Gasteiger partial charge in [-0.15, -0.1) is 0 Å². The Labute approximate surface area is 114 Å². The van der Waals surface area contributed by atoms with Gasteiger partial charge in [0, 0.05) is 12.7 Å². The summed E-state index contributed by atoms with van der Waals surface area (Å²) in [6.07, 6.45) is 0.280. The van der Waals surface area contributed by atoms with Gasteiger partial charge in [-0.2, -0.15) is 0 Å². The Morgan fingerprint density at radius 2 is 2.11 bits per heavy atom. The molecule has 0 aliphatic rings. The van der Waals surface area contributed by atoms with Gasteiger partial charge in [-0.25, -0.2) is 0 Å². The van der Waals surface area contributed by atoms with Crippen molar-refractivity contribution in [1.29, 1.82) is 0 Å². The van der Waals surface area contributed by atoms with Gasteiger partial charge in [0.1, 0.15) is 0 Å². The lowest BCUT2D eigenvalue weighted by Gasteiger charge is -2.22. The normalized spacial score (nSPS) is 10.5. The van der Waals surface area contributed by atoms with E-state index in [-0.39, 0.29) is 12.3 Å². The molecule has 0 aliphatic carbocycles. The Balaban J connectivity index is 2.80. The second-order valence-corrected chi connectivity index (χ2v) is 4.74. The summed E-state index contributed by atoms with van der Waals surface area (Å²) in [5.74, 6) is 5.61. The van der Waals surface area contributed by atoms with Crippen LogP contribution >= 0.6 is 0 Å². The Morgan fingerprint density at radius 3 is 2.74 bits per heavy atom. The number of methoxy groups -OCH3 is 1. The SMILES string of the molecule is COC(C)(C)CC(=O)Nc1ccccc1C#CCN. The van der Waals surface area contributed by atoms with Crippen LogP contribution < -0.4 is 11.1 Å². The third-order valence-corrected chi connectivity index (χ3v) is 2.67. The number of carbonyl (C=O) groups is 1. The van der Waals surface area contributed by atoms with Crippen LogP contribution in [-0.4, -0.2) is 25.2 Å². The topological polar surface area (TPSA) is 64.3 Å². The van der Waals surface area contributed by atoms with Crippen LogP contribution in [0.1, 0.15) is 25.8 Å². The van der Waals surface area contributed by atoms with Crippen molar-refractivity contribution in [2.45, 2.75) is 25.9 Å². The highest BCUT2D eigenvalue weighted by Crippen LogP contribution is 2.17. The molecule has 0 spiro atoms. The average Bonchev–Trinajstić information content (AvgIpc) is 2.37. The molecule has 0 heterocycles. The van der Waals surface area contributed by atoms with E-state index in [1.807, 2.05) is 38.1 Å². The molecule has 0 unspecified atom stereocenters. The van der Waals surface area contributed by atoms with Crippen molar-refractivity contribution in [2.75, 3.05) is 19.0 Å². The van der Waals surface area contributed by atoms with E-state index in [4.69, 9.17) is 10.5 Å². The molecule has 1 amide bonds. The van der Waals surface area contributed by atoms with E-state index in [0.717, 1.165) is 5.56 Å². The van der Waals surface area contributed by atoms with Gasteiger partial charge in [0.25, 0.3) is 0 Å². The second kappa shape index (κ2) is 6.93. The molecule has 4 heteroatoms. The van der Waals surface area contributed by atoms with Crippen LogP contribution in [0.4, 0.5) is 5.69 Å². The fourth-order valence-electron chi connectivity index (χ4n) is 1.50. The smallest absolute Gasteiger partial charge is 0.227 e. The predicted molar refractivity (Wildman–Crippen MR) is 76.7 cm³/mol. The average molecular weight is 260 g/mol. The number of hydrogen-bond acceptors (Lipinski definition) is 3. The maximum atomic E-state index is 11.9. The molecule has 0 atom stereocenters. The first-order valence-electron chi connectivity index (χ1n) is 6.11. The van der Waals surface area contributed by atoms with E-state index >= 15 is 0 Å². The summed E-state index contributed by atoms with van der Waals surface area (Å²) < 4.78 is 5.24. The van der Waals surface area contributed by atoms with Crippen LogP contribution in [-0.2, 0) is 9.53 Å². The van der Waals surface area contributed by atoms with Crippen molar-refractivity contribution < 1.29 is 9.53 Å². The van der Waals surface area contributed by atoms with Gasteiger partial charge < -0.3 is 15.8 Å². The van der Waals surface area contributed by atoms with E-state index < -0.39 is 5.60 Å². The zero-order valence-corrected chi connectivity index (χ0v) is 11.6. The molecule has 0 aliphatic heterocycles. The third-order valence-electron chi connectivity index (χ3n) is 2.67. The first-order chi connectivity index (χ1) is 8.98. The maximum absolute atomic E-state index is 11.9. The predicted octanol–water partition coefficient (Wildman–Crippen LogP) is 1.75. The summed E-state index contributed by atoms with van der Waals surface area (Å²) in [5, 5.41) is 2.85. The molecule has 0 fully saturated rings. The standard InChI is InChI=1S/C15H20N2O2/c1-15(2,19-3)11-14(18)17-13-9-5-4-7-12(13)8-6-10-16/h4-5,7,9H,10-11,16H2,1-3H3,(H,17,18). The summed E-state index contributed by atoms with van der Waals surface area (Å²) in [7, 11) is 1.59. The van der Waals surface area contributed by atoms with Crippen LogP contribution in [0.25, 0.3) is 0 Å². The number of amides is 1. The lowest BCUT2D eigenvalue weighted by Crippen LogP contribution is -2.29. The lowest BCUT2D eigenvalue weighted by atomic mass is 10.0. The molecule has 102 valence electrons. The van der Waals surface area contributed by atoms with E-state index in [2.05, 4.69) is 17.2 Å². The summed E-state index contributed by atoms with van der Waals surface area (Å²) in [6, 6.07) is 7.39. The molecule has 0 saturated carbocycles. The first-order valence-corrected chi connectivity index (χ1v) is 6.11. The molecule has 1 aromatic rings. The molecule has 0 aromatic heterocycles. The highest BCUT2D eigenvalue weighted by atomic mass is 16.5. The largest absolute Gasteiger partial charge is 0.378 e. The number of rotatable bonds is 4. The highest BCUT2D eigenvalue weighted by Gasteiger charge is 2.21. The van der Waals surface area contributed by atoms with E-state index in [9.17, 15) is 4.79 Å². The van der Waals surface area contributed by atoms with Crippen LogP contribution in [0.5, 0.6) is 0 Å². The van der Waals surface area contributed by atoms with Crippen molar-refractivity contribution in [3.8, 4) is 11.8 Å². The third kappa shape index (κ3) is 5.12. The van der Waals surface area contributed by atoms with Gasteiger partial charge in [-0.1, -0.05) is 24.0 Å². The van der Waals surface area contributed by atoms with Gasteiger partial charge in [-0.05, 0) is 26.0 Å². The number of nitrogens with one attached hydrogen (secondary N) is 1. The Bertz CT molecular complexity index is 498. The van der Waals surface area contributed by atoms with Gasteiger partial charge >= 0.3 is 0 Å². The number of nitrogens with two attached hydrogens (primary N) is 1. The number of carbonyl (C=O) groups excluding carboxylic acids is 1. The van der Waals surface area contributed by atoms with Crippen molar-refractivity contribution in [1.82, 2.24) is 0 Å². The van der Waals surface area contributed by atoms with Crippen molar-refractivity contribution in [3.63, 3.8) is 0 Å². The lowest BCUT2D eigenvalue weighted by molar-refractivity contribution is -0.121. The molecular formula is C15H20N2O2.